The van der Waals surface area contributed by atoms with Gasteiger partial charge in [-0.2, -0.15) is 8.78 Å². The number of aliphatic hydroxyl groups is 1. The van der Waals surface area contributed by atoms with Gasteiger partial charge in [0.25, 0.3) is 0 Å². The van der Waals surface area contributed by atoms with Crippen LogP contribution in [0.4, 0.5) is 8.78 Å². The van der Waals surface area contributed by atoms with Crippen molar-refractivity contribution in [1.82, 2.24) is 0 Å². The average molecular weight is 348 g/mol. The summed E-state index contributed by atoms with van der Waals surface area (Å²) >= 11 is 0. The third-order valence-corrected chi connectivity index (χ3v) is 5.35. The first kappa shape index (κ1) is 16.4. The van der Waals surface area contributed by atoms with Gasteiger partial charge in [-0.15, -0.1) is 0 Å². The second-order valence-electron chi connectivity index (χ2n) is 6.02. The lowest BCUT2D eigenvalue weighted by molar-refractivity contribution is -0.224. The molecule has 0 aromatic heterocycles. The molecule has 1 aromatic carbocycles. The summed E-state index contributed by atoms with van der Waals surface area (Å²) in [4.78, 5) is -0.367. The summed E-state index contributed by atoms with van der Waals surface area (Å²) in [6.45, 7) is 0. The molecular formula is C15H18F2O5S. The van der Waals surface area contributed by atoms with Gasteiger partial charge >= 0.3 is 6.11 Å². The number of benzene rings is 1. The fraction of sp³-hybridized carbons (Fsp3) is 0.600. The van der Waals surface area contributed by atoms with Crippen molar-refractivity contribution < 1.29 is 31.8 Å². The Balaban J connectivity index is 2.04. The molecule has 1 heterocycles. The number of alkyl halides is 2. The Kier molecular flexibility index (Phi) is 4.00. The molecule has 2 aliphatic rings. The Morgan fingerprint density at radius 1 is 1.26 bits per heavy atom. The number of fused-ring (bicyclic) bond motifs is 1. The monoisotopic (exact) mass is 348 g/mol. The maximum absolute atomic E-state index is 13.7. The molecule has 1 aromatic rings. The van der Waals surface area contributed by atoms with E-state index in [0.717, 1.165) is 38.4 Å². The first-order valence-corrected chi connectivity index (χ1v) is 9.38. The number of hydrogen-bond acceptors (Lipinski definition) is 5. The smallest absolute Gasteiger partial charge is 0.429 e. The van der Waals surface area contributed by atoms with E-state index in [-0.39, 0.29) is 22.5 Å². The van der Waals surface area contributed by atoms with E-state index in [1.165, 1.54) is 12.1 Å². The van der Waals surface area contributed by atoms with Crippen molar-refractivity contribution in [1.29, 1.82) is 0 Å². The lowest BCUT2D eigenvalue weighted by Crippen LogP contribution is -2.26. The molecule has 0 radical (unpaired) electrons. The van der Waals surface area contributed by atoms with Crippen LogP contribution in [0.3, 0.4) is 0 Å². The normalized spacial score (nSPS) is 24.1. The lowest BCUT2D eigenvalue weighted by Gasteiger charge is -2.24. The van der Waals surface area contributed by atoms with Crippen molar-refractivity contribution in [3.63, 3.8) is 0 Å². The molecule has 128 valence electrons. The van der Waals surface area contributed by atoms with Crippen LogP contribution in [0.5, 0.6) is 11.5 Å². The first-order chi connectivity index (χ1) is 10.7. The number of sulfone groups is 1. The molecule has 1 saturated carbocycles. The topological polar surface area (TPSA) is 72.8 Å². The van der Waals surface area contributed by atoms with Gasteiger partial charge in [0, 0.05) is 6.26 Å². The summed E-state index contributed by atoms with van der Waals surface area (Å²) < 4.78 is 61.4. The summed E-state index contributed by atoms with van der Waals surface area (Å²) in [5, 5.41) is 9.79. The largest absolute Gasteiger partial charge is 0.487 e. The highest BCUT2D eigenvalue weighted by Crippen LogP contribution is 2.52. The quantitative estimate of drug-likeness (QED) is 0.909. The number of hydrogen-bond donors (Lipinski definition) is 1. The van der Waals surface area contributed by atoms with Crippen LogP contribution in [0.1, 0.15) is 43.8 Å². The minimum absolute atomic E-state index is 0.0514. The molecule has 1 atom stereocenters. The van der Waals surface area contributed by atoms with Crippen LogP contribution in [0.2, 0.25) is 0 Å². The Bertz CT molecular complexity index is 711. The van der Waals surface area contributed by atoms with Gasteiger partial charge in [-0.1, -0.05) is 6.42 Å². The molecule has 0 saturated heterocycles. The van der Waals surface area contributed by atoms with Crippen LogP contribution in [0.15, 0.2) is 17.0 Å². The van der Waals surface area contributed by atoms with Crippen molar-refractivity contribution in [3.05, 3.63) is 17.7 Å². The minimum atomic E-state index is -3.88. The van der Waals surface area contributed by atoms with Crippen LogP contribution >= 0.6 is 0 Å². The van der Waals surface area contributed by atoms with Crippen molar-refractivity contribution in [2.75, 3.05) is 6.26 Å². The second kappa shape index (κ2) is 5.59. The van der Waals surface area contributed by atoms with Gasteiger partial charge in [0.05, 0.1) is 16.6 Å². The number of ether oxygens (including phenoxy) is 2. The predicted molar refractivity (Wildman–Crippen MR) is 77.6 cm³/mol. The number of halogens is 2. The maximum Gasteiger partial charge on any atom is 0.429 e. The highest BCUT2D eigenvalue weighted by molar-refractivity contribution is 7.90. The molecule has 0 amide bonds. The zero-order chi connectivity index (χ0) is 16.8. The third-order valence-electron chi connectivity index (χ3n) is 4.20. The fourth-order valence-electron chi connectivity index (χ4n) is 3.06. The van der Waals surface area contributed by atoms with Crippen molar-refractivity contribution >= 4 is 9.84 Å². The van der Waals surface area contributed by atoms with Crippen LogP contribution in [0, 0.1) is 0 Å². The van der Waals surface area contributed by atoms with Gasteiger partial charge in [-0.3, -0.25) is 0 Å². The minimum Gasteiger partial charge on any atom is -0.487 e. The van der Waals surface area contributed by atoms with E-state index in [9.17, 15) is 22.3 Å². The van der Waals surface area contributed by atoms with Crippen molar-refractivity contribution in [2.45, 2.75) is 55.3 Å². The summed E-state index contributed by atoms with van der Waals surface area (Å²) in [6.07, 6.45) is -0.728. The highest BCUT2D eigenvalue weighted by atomic mass is 32.2. The molecule has 1 aliphatic carbocycles. The third kappa shape index (κ3) is 3.01. The van der Waals surface area contributed by atoms with Gasteiger partial charge in [0.2, 0.25) is 0 Å². The van der Waals surface area contributed by atoms with Crippen LogP contribution in [0.25, 0.3) is 0 Å². The molecule has 1 aliphatic heterocycles. The zero-order valence-electron chi connectivity index (χ0n) is 12.6. The van der Waals surface area contributed by atoms with Crippen LogP contribution < -0.4 is 9.47 Å². The van der Waals surface area contributed by atoms with E-state index in [1.807, 2.05) is 0 Å². The van der Waals surface area contributed by atoms with E-state index in [1.54, 1.807) is 0 Å². The van der Waals surface area contributed by atoms with E-state index in [0.29, 0.717) is 0 Å². The second-order valence-corrected chi connectivity index (χ2v) is 8.01. The van der Waals surface area contributed by atoms with E-state index < -0.39 is 27.6 Å². The molecule has 1 fully saturated rings. The molecule has 5 nitrogen and oxygen atoms in total. The Hall–Kier alpha value is -1.41. The van der Waals surface area contributed by atoms with Crippen molar-refractivity contribution in [3.8, 4) is 11.5 Å². The molecular weight excluding hydrogens is 330 g/mol. The van der Waals surface area contributed by atoms with Gasteiger partial charge in [0.1, 0.15) is 0 Å². The van der Waals surface area contributed by atoms with Gasteiger partial charge in [-0.25, -0.2) is 8.42 Å². The highest BCUT2D eigenvalue weighted by Gasteiger charge is 2.53. The molecule has 0 bridgehead atoms. The first-order valence-electron chi connectivity index (χ1n) is 7.48. The Labute approximate surface area is 133 Å². The fourth-order valence-corrected chi connectivity index (χ4v) is 3.98. The maximum atomic E-state index is 13.7. The zero-order valence-corrected chi connectivity index (χ0v) is 13.4. The molecule has 23 heavy (non-hydrogen) atoms. The van der Waals surface area contributed by atoms with Gasteiger partial charge in [0.15, 0.2) is 27.4 Å². The molecule has 8 heteroatoms. The lowest BCUT2D eigenvalue weighted by atomic mass is 9.98. The van der Waals surface area contributed by atoms with Crippen LogP contribution in [-0.2, 0) is 9.84 Å². The van der Waals surface area contributed by atoms with E-state index >= 15 is 0 Å². The standard InChI is InChI=1S/C15H18F2O5S/c1-23(19,20)11-8-7-10(21-9-5-3-2-4-6-9)13-12(11)14(18)15(16,17)22-13/h7-9,14,18H,2-6H2,1H3. The van der Waals surface area contributed by atoms with Crippen molar-refractivity contribution in [2.24, 2.45) is 0 Å². The summed E-state index contributed by atoms with van der Waals surface area (Å²) in [7, 11) is -3.79. The van der Waals surface area contributed by atoms with Crippen LogP contribution in [-0.4, -0.2) is 32.0 Å². The van der Waals surface area contributed by atoms with E-state index in [4.69, 9.17) is 4.74 Å². The molecule has 3 rings (SSSR count). The molecule has 1 N–H and O–H groups in total. The SMILES string of the molecule is CS(=O)(=O)c1ccc(OC2CCCCC2)c2c1C(O)C(F)(F)O2. The summed E-state index contributed by atoms with van der Waals surface area (Å²) in [6, 6.07) is 2.50. The number of rotatable bonds is 3. The predicted octanol–water partition coefficient (Wildman–Crippen LogP) is 2.82. The Morgan fingerprint density at radius 3 is 2.52 bits per heavy atom. The van der Waals surface area contributed by atoms with E-state index in [2.05, 4.69) is 4.74 Å². The summed E-state index contributed by atoms with van der Waals surface area (Å²) in [5.41, 5.74) is -0.425. The molecule has 0 spiro atoms. The molecule has 1 unspecified atom stereocenters. The van der Waals surface area contributed by atoms with Gasteiger partial charge in [-0.05, 0) is 37.8 Å². The number of aliphatic hydroxyl groups excluding tert-OH is 1. The summed E-state index contributed by atoms with van der Waals surface area (Å²) in [5.74, 6) is -0.327. The average Bonchev–Trinajstić information content (AvgIpc) is 2.71. The Morgan fingerprint density at radius 2 is 1.91 bits per heavy atom. The van der Waals surface area contributed by atoms with Gasteiger partial charge < -0.3 is 14.6 Å².